The summed E-state index contributed by atoms with van der Waals surface area (Å²) in [6, 6.07) is 10.2. The average Bonchev–Trinajstić information content (AvgIpc) is 3.08. The zero-order chi connectivity index (χ0) is 19.9. The Balaban J connectivity index is 1.72. The second-order valence-corrected chi connectivity index (χ2v) is 8.09. The van der Waals surface area contributed by atoms with Gasteiger partial charge in [0.1, 0.15) is 10.8 Å². The van der Waals surface area contributed by atoms with Gasteiger partial charge in [-0.25, -0.2) is 4.98 Å². The Hall–Kier alpha value is -1.93. The topological polar surface area (TPSA) is 63.6 Å². The Morgan fingerprint density at radius 1 is 1.21 bits per heavy atom. The highest BCUT2D eigenvalue weighted by atomic mass is 79.9. The number of hydrogen-bond acceptors (Lipinski definition) is 6. The van der Waals surface area contributed by atoms with Crippen LogP contribution in [0.15, 0.2) is 34.8 Å². The molecule has 0 saturated carbocycles. The number of thiazole rings is 1. The molecule has 0 aliphatic rings. The number of halogens is 1. The Kier molecular flexibility index (Phi) is 7.44. The van der Waals surface area contributed by atoms with Crippen LogP contribution < -0.4 is 10.1 Å². The van der Waals surface area contributed by atoms with Crippen molar-refractivity contribution in [2.75, 3.05) is 38.8 Å². The van der Waals surface area contributed by atoms with Crippen molar-refractivity contribution in [1.82, 2.24) is 4.98 Å². The van der Waals surface area contributed by atoms with E-state index in [9.17, 15) is 0 Å². The van der Waals surface area contributed by atoms with Gasteiger partial charge in [0.2, 0.25) is 0 Å². The molecule has 0 unspecified atom stereocenters. The van der Waals surface area contributed by atoms with Crippen molar-refractivity contribution in [3.05, 3.63) is 50.9 Å². The number of aryl methyl sites for hydroxylation is 1. The molecule has 148 valence electrons. The summed E-state index contributed by atoms with van der Waals surface area (Å²) >= 11 is 5.17. The molecule has 0 amide bonds. The molecule has 3 rings (SSSR count). The van der Waals surface area contributed by atoms with Crippen LogP contribution in [-0.4, -0.2) is 43.6 Å². The zero-order valence-corrected chi connectivity index (χ0v) is 18.3. The number of hydrogen-bond donors (Lipinski definition) is 2. The Morgan fingerprint density at radius 3 is 2.82 bits per heavy atom. The van der Waals surface area contributed by atoms with Crippen LogP contribution in [0.25, 0.3) is 22.4 Å². The van der Waals surface area contributed by atoms with E-state index in [1.54, 1.807) is 18.4 Å². The summed E-state index contributed by atoms with van der Waals surface area (Å²) in [5.41, 5.74) is 4.31. The summed E-state index contributed by atoms with van der Waals surface area (Å²) in [6.45, 7) is 3.75. The van der Waals surface area contributed by atoms with Crippen molar-refractivity contribution in [2.45, 2.75) is 6.92 Å². The van der Waals surface area contributed by atoms with Crippen molar-refractivity contribution in [1.29, 1.82) is 0 Å². The lowest BCUT2D eigenvalue weighted by molar-refractivity contribution is 0.0992. The van der Waals surface area contributed by atoms with Crippen LogP contribution in [0.1, 0.15) is 16.1 Å². The molecule has 0 atom stereocenters. The van der Waals surface area contributed by atoms with Gasteiger partial charge in [0.05, 0.1) is 41.6 Å². The van der Waals surface area contributed by atoms with Crippen molar-refractivity contribution in [2.24, 2.45) is 0 Å². The van der Waals surface area contributed by atoms with E-state index in [0.717, 1.165) is 42.3 Å². The largest absolute Gasteiger partial charge is 0.496 e. The fourth-order valence-corrected chi connectivity index (χ4v) is 4.19. The molecule has 5 nitrogen and oxygen atoms in total. The van der Waals surface area contributed by atoms with Gasteiger partial charge in [0.15, 0.2) is 0 Å². The zero-order valence-electron chi connectivity index (χ0n) is 15.9. The van der Waals surface area contributed by atoms with Crippen LogP contribution in [0.4, 0.5) is 5.69 Å². The second-order valence-electron chi connectivity index (χ2n) is 6.18. The Bertz CT molecular complexity index is 972. The standard InChI is InChI=1S/C21H23BrN2O3S/c1-14-11-18-20(13-17(14)23-7-9-27-10-8-25)28-21(24-18)6-4-15-3-5-19(26-2)16(22)12-15/h3-6,11-13,23,25H,7-10H2,1-2H3. The second kappa shape index (κ2) is 10.0. The Morgan fingerprint density at radius 2 is 2.07 bits per heavy atom. The summed E-state index contributed by atoms with van der Waals surface area (Å²) in [6.07, 6.45) is 4.08. The number of aromatic nitrogens is 1. The van der Waals surface area contributed by atoms with E-state index in [1.165, 1.54) is 0 Å². The van der Waals surface area contributed by atoms with Crippen molar-refractivity contribution >= 4 is 55.3 Å². The molecule has 1 aromatic heterocycles. The first-order chi connectivity index (χ1) is 13.6. The molecule has 7 heteroatoms. The summed E-state index contributed by atoms with van der Waals surface area (Å²) in [4.78, 5) is 4.72. The lowest BCUT2D eigenvalue weighted by Gasteiger charge is -2.09. The highest BCUT2D eigenvalue weighted by Crippen LogP contribution is 2.30. The number of ether oxygens (including phenoxy) is 2. The Labute approximate surface area is 177 Å². The molecule has 0 aliphatic carbocycles. The molecule has 0 spiro atoms. The van der Waals surface area contributed by atoms with E-state index in [4.69, 9.17) is 19.6 Å². The predicted molar refractivity (Wildman–Crippen MR) is 120 cm³/mol. The van der Waals surface area contributed by atoms with E-state index in [0.29, 0.717) is 19.8 Å². The minimum Gasteiger partial charge on any atom is -0.496 e. The molecule has 0 aliphatic heterocycles. The van der Waals surface area contributed by atoms with Crippen LogP contribution in [0.2, 0.25) is 0 Å². The minimum absolute atomic E-state index is 0.0512. The van der Waals surface area contributed by atoms with Gasteiger partial charge < -0.3 is 19.9 Å². The normalized spacial score (nSPS) is 11.4. The number of anilines is 1. The van der Waals surface area contributed by atoms with E-state index >= 15 is 0 Å². The number of aliphatic hydroxyl groups excluding tert-OH is 1. The smallest absolute Gasteiger partial charge is 0.133 e. The molecule has 3 aromatic rings. The number of nitrogens with zero attached hydrogens (tertiary/aromatic N) is 1. The van der Waals surface area contributed by atoms with Gasteiger partial charge in [-0.1, -0.05) is 12.1 Å². The molecule has 0 saturated heterocycles. The molecule has 2 N–H and O–H groups in total. The van der Waals surface area contributed by atoms with Gasteiger partial charge in [0, 0.05) is 12.2 Å². The lowest BCUT2D eigenvalue weighted by atomic mass is 10.2. The molecule has 2 aromatic carbocycles. The molecule has 0 radical (unpaired) electrons. The summed E-state index contributed by atoms with van der Waals surface area (Å²) in [7, 11) is 1.66. The highest BCUT2D eigenvalue weighted by molar-refractivity contribution is 9.10. The van der Waals surface area contributed by atoms with Crippen LogP contribution in [0, 0.1) is 6.92 Å². The van der Waals surface area contributed by atoms with E-state index in [-0.39, 0.29) is 6.61 Å². The maximum atomic E-state index is 8.74. The summed E-state index contributed by atoms with van der Waals surface area (Å²) in [5.74, 6) is 0.814. The van der Waals surface area contributed by atoms with E-state index < -0.39 is 0 Å². The van der Waals surface area contributed by atoms with Gasteiger partial charge in [-0.3, -0.25) is 0 Å². The van der Waals surface area contributed by atoms with Gasteiger partial charge in [-0.2, -0.15) is 0 Å². The molecular formula is C21H23BrN2O3S. The summed E-state index contributed by atoms with van der Waals surface area (Å²) in [5, 5.41) is 13.1. The fraction of sp³-hybridized carbons (Fsp3) is 0.286. The first-order valence-electron chi connectivity index (χ1n) is 8.96. The van der Waals surface area contributed by atoms with E-state index in [2.05, 4.69) is 40.3 Å². The average molecular weight is 463 g/mol. The third-order valence-corrected chi connectivity index (χ3v) is 5.75. The van der Waals surface area contributed by atoms with Crippen LogP contribution in [-0.2, 0) is 4.74 Å². The van der Waals surface area contributed by atoms with Gasteiger partial charge in [-0.15, -0.1) is 11.3 Å². The molecule has 0 bridgehead atoms. The van der Waals surface area contributed by atoms with Crippen LogP contribution in [0.3, 0.4) is 0 Å². The number of methoxy groups -OCH3 is 1. The number of nitrogens with one attached hydrogen (secondary N) is 1. The number of aliphatic hydroxyl groups is 1. The fourth-order valence-electron chi connectivity index (χ4n) is 2.74. The van der Waals surface area contributed by atoms with Crippen molar-refractivity contribution in [3.63, 3.8) is 0 Å². The van der Waals surface area contributed by atoms with Crippen LogP contribution >= 0.6 is 27.3 Å². The third kappa shape index (κ3) is 5.32. The van der Waals surface area contributed by atoms with Crippen molar-refractivity contribution in [3.8, 4) is 5.75 Å². The number of fused-ring (bicyclic) bond motifs is 1. The molecule has 0 fully saturated rings. The minimum atomic E-state index is 0.0512. The highest BCUT2D eigenvalue weighted by Gasteiger charge is 2.06. The third-order valence-electron chi connectivity index (χ3n) is 4.14. The van der Waals surface area contributed by atoms with Crippen LogP contribution in [0.5, 0.6) is 5.75 Å². The van der Waals surface area contributed by atoms with E-state index in [1.807, 2.05) is 30.4 Å². The number of benzene rings is 2. The first kappa shape index (κ1) is 20.8. The molecular weight excluding hydrogens is 440 g/mol. The molecule has 1 heterocycles. The monoisotopic (exact) mass is 462 g/mol. The molecule has 28 heavy (non-hydrogen) atoms. The first-order valence-corrected chi connectivity index (χ1v) is 10.6. The number of rotatable bonds is 9. The predicted octanol–water partition coefficient (Wildman–Crippen LogP) is 4.97. The lowest BCUT2D eigenvalue weighted by Crippen LogP contribution is -2.11. The quantitative estimate of drug-likeness (QED) is 0.439. The van der Waals surface area contributed by atoms with Crippen molar-refractivity contribution < 1.29 is 14.6 Å². The van der Waals surface area contributed by atoms with Gasteiger partial charge in [0.25, 0.3) is 0 Å². The van der Waals surface area contributed by atoms with Gasteiger partial charge in [-0.05, 0) is 64.3 Å². The maximum absolute atomic E-state index is 8.74. The summed E-state index contributed by atoms with van der Waals surface area (Å²) < 4.78 is 12.6. The van der Waals surface area contributed by atoms with Gasteiger partial charge >= 0.3 is 0 Å². The maximum Gasteiger partial charge on any atom is 0.133 e. The SMILES string of the molecule is COc1ccc(C=Cc2nc3cc(C)c(NCCOCCO)cc3s2)cc1Br.